The van der Waals surface area contributed by atoms with Gasteiger partial charge in [0, 0.05) is 24.8 Å². The molecule has 0 aliphatic carbocycles. The summed E-state index contributed by atoms with van der Waals surface area (Å²) in [4.78, 5) is 14.4. The number of nitrogens with one attached hydrogen (secondary N) is 1. The van der Waals surface area contributed by atoms with Crippen LogP contribution in [0.15, 0.2) is 54.6 Å². The van der Waals surface area contributed by atoms with Gasteiger partial charge in [-0.25, -0.2) is 0 Å². The number of carbonyl (C=O) groups excluding carboxylic acids is 1. The van der Waals surface area contributed by atoms with Crippen molar-refractivity contribution in [2.75, 3.05) is 19.3 Å². The van der Waals surface area contributed by atoms with Gasteiger partial charge in [-0.05, 0) is 38.1 Å². The smallest absolute Gasteiger partial charge is 0.253 e. The van der Waals surface area contributed by atoms with Crippen LogP contribution in [0, 0.1) is 0 Å². The van der Waals surface area contributed by atoms with Gasteiger partial charge in [0.1, 0.15) is 0 Å². The Morgan fingerprint density at radius 2 is 1.78 bits per heavy atom. The molecule has 0 radical (unpaired) electrons. The van der Waals surface area contributed by atoms with E-state index < -0.39 is 0 Å². The van der Waals surface area contributed by atoms with Crippen LogP contribution in [0.25, 0.3) is 0 Å². The lowest BCUT2D eigenvalue weighted by Gasteiger charge is -2.25. The molecule has 1 amide bonds. The van der Waals surface area contributed by atoms with Crippen molar-refractivity contribution in [2.24, 2.45) is 0 Å². The molecule has 0 saturated heterocycles. The summed E-state index contributed by atoms with van der Waals surface area (Å²) in [6, 6.07) is 17.9. The second-order valence-electron chi connectivity index (χ2n) is 5.88. The maximum absolute atomic E-state index is 12.1. The van der Waals surface area contributed by atoms with Gasteiger partial charge in [0.25, 0.3) is 5.91 Å². The molecular formula is C19H25N3O. The molecule has 0 bridgehead atoms. The molecule has 4 nitrogen and oxygen atoms in total. The van der Waals surface area contributed by atoms with Gasteiger partial charge in [-0.3, -0.25) is 9.69 Å². The number of amides is 1. The van der Waals surface area contributed by atoms with Crippen molar-refractivity contribution in [2.45, 2.75) is 25.9 Å². The molecule has 2 aromatic carbocycles. The van der Waals surface area contributed by atoms with E-state index in [1.165, 1.54) is 5.56 Å². The Kier molecular flexibility index (Phi) is 6.18. The van der Waals surface area contributed by atoms with E-state index in [9.17, 15) is 4.79 Å². The fourth-order valence-corrected chi connectivity index (χ4v) is 2.44. The summed E-state index contributed by atoms with van der Waals surface area (Å²) in [7, 11) is 2.11. The predicted molar refractivity (Wildman–Crippen MR) is 95.2 cm³/mol. The highest BCUT2D eigenvalue weighted by Crippen LogP contribution is 2.11. The monoisotopic (exact) mass is 311 g/mol. The van der Waals surface area contributed by atoms with Crippen LogP contribution < -0.4 is 11.1 Å². The Labute approximate surface area is 138 Å². The van der Waals surface area contributed by atoms with Gasteiger partial charge >= 0.3 is 0 Å². The van der Waals surface area contributed by atoms with Crippen molar-refractivity contribution in [3.63, 3.8) is 0 Å². The molecule has 122 valence electrons. The summed E-state index contributed by atoms with van der Waals surface area (Å²) in [5, 5.41) is 2.94. The van der Waals surface area contributed by atoms with Crippen molar-refractivity contribution < 1.29 is 4.79 Å². The molecular weight excluding hydrogens is 286 g/mol. The van der Waals surface area contributed by atoms with Crippen LogP contribution in [0.2, 0.25) is 0 Å². The minimum absolute atomic E-state index is 0.110. The molecule has 1 unspecified atom stereocenters. The molecule has 4 heteroatoms. The number of anilines is 1. The highest BCUT2D eigenvalue weighted by atomic mass is 16.1. The first-order valence-corrected chi connectivity index (χ1v) is 7.95. The molecule has 0 aliphatic rings. The first kappa shape index (κ1) is 17.0. The zero-order valence-electron chi connectivity index (χ0n) is 13.8. The van der Waals surface area contributed by atoms with Gasteiger partial charge in [-0.2, -0.15) is 0 Å². The van der Waals surface area contributed by atoms with Gasteiger partial charge in [-0.15, -0.1) is 0 Å². The second-order valence-corrected chi connectivity index (χ2v) is 5.88. The number of benzene rings is 2. The van der Waals surface area contributed by atoms with E-state index in [0.29, 0.717) is 23.8 Å². The molecule has 0 aromatic heterocycles. The maximum Gasteiger partial charge on any atom is 0.253 e. The summed E-state index contributed by atoms with van der Waals surface area (Å²) in [6.45, 7) is 3.71. The van der Waals surface area contributed by atoms with E-state index in [1.807, 2.05) is 18.2 Å². The summed E-state index contributed by atoms with van der Waals surface area (Å²) in [6.07, 6.45) is 0.891. The van der Waals surface area contributed by atoms with Gasteiger partial charge in [-0.1, -0.05) is 42.5 Å². The number of nitrogen functional groups attached to an aromatic ring is 1. The predicted octanol–water partition coefficient (Wildman–Crippen LogP) is 2.91. The third-order valence-corrected chi connectivity index (χ3v) is 4.08. The third kappa shape index (κ3) is 5.11. The number of nitrogens with zero attached hydrogens (tertiary/aromatic N) is 1. The summed E-state index contributed by atoms with van der Waals surface area (Å²) in [5.74, 6) is -0.110. The van der Waals surface area contributed by atoms with E-state index in [2.05, 4.69) is 48.5 Å². The lowest BCUT2D eigenvalue weighted by molar-refractivity contribution is 0.0950. The number of hydrogen-bond acceptors (Lipinski definition) is 3. The van der Waals surface area contributed by atoms with E-state index in [4.69, 9.17) is 5.73 Å². The topological polar surface area (TPSA) is 58.4 Å². The average Bonchev–Trinajstić information content (AvgIpc) is 2.56. The van der Waals surface area contributed by atoms with Gasteiger partial charge in [0.15, 0.2) is 0 Å². The fraction of sp³-hybridized carbons (Fsp3) is 0.316. The highest BCUT2D eigenvalue weighted by molar-refractivity contribution is 5.98. The second kappa shape index (κ2) is 8.34. The number of para-hydroxylation sites is 1. The van der Waals surface area contributed by atoms with E-state index in [0.717, 1.165) is 13.0 Å². The SMILES string of the molecule is CC(CCNC(=O)c1ccccc1N)N(C)Cc1ccccc1. The van der Waals surface area contributed by atoms with Gasteiger partial charge < -0.3 is 11.1 Å². The van der Waals surface area contributed by atoms with Crippen LogP contribution in [0.1, 0.15) is 29.3 Å². The van der Waals surface area contributed by atoms with Crippen molar-refractivity contribution in [1.29, 1.82) is 0 Å². The standard InChI is InChI=1S/C19H25N3O/c1-15(22(2)14-16-8-4-3-5-9-16)12-13-21-19(23)17-10-6-7-11-18(17)20/h3-11,15H,12-14,20H2,1-2H3,(H,21,23). The summed E-state index contributed by atoms with van der Waals surface area (Å²) >= 11 is 0. The first-order chi connectivity index (χ1) is 11.1. The quantitative estimate of drug-likeness (QED) is 0.773. The Morgan fingerprint density at radius 3 is 2.48 bits per heavy atom. The lowest BCUT2D eigenvalue weighted by atomic mass is 10.1. The molecule has 3 N–H and O–H groups in total. The number of carbonyl (C=O) groups is 1. The summed E-state index contributed by atoms with van der Waals surface area (Å²) in [5.41, 5.74) is 8.17. The van der Waals surface area contributed by atoms with E-state index in [1.54, 1.807) is 12.1 Å². The van der Waals surface area contributed by atoms with Crippen molar-refractivity contribution in [3.05, 3.63) is 65.7 Å². The first-order valence-electron chi connectivity index (χ1n) is 7.95. The molecule has 0 aliphatic heterocycles. The largest absolute Gasteiger partial charge is 0.398 e. The Hall–Kier alpha value is -2.33. The van der Waals surface area contributed by atoms with Crippen LogP contribution in [0.5, 0.6) is 0 Å². The average molecular weight is 311 g/mol. The Bertz CT molecular complexity index is 628. The molecule has 0 spiro atoms. The molecule has 2 aromatic rings. The Morgan fingerprint density at radius 1 is 1.13 bits per heavy atom. The zero-order valence-corrected chi connectivity index (χ0v) is 13.8. The van der Waals surface area contributed by atoms with Crippen LogP contribution >= 0.6 is 0 Å². The summed E-state index contributed by atoms with van der Waals surface area (Å²) < 4.78 is 0. The number of rotatable bonds is 7. The van der Waals surface area contributed by atoms with Crippen LogP contribution in [-0.4, -0.2) is 30.4 Å². The van der Waals surface area contributed by atoms with Gasteiger partial charge in [0.2, 0.25) is 0 Å². The normalized spacial score (nSPS) is 12.1. The number of hydrogen-bond donors (Lipinski definition) is 2. The third-order valence-electron chi connectivity index (χ3n) is 4.08. The number of nitrogens with two attached hydrogens (primary N) is 1. The minimum atomic E-state index is -0.110. The molecule has 23 heavy (non-hydrogen) atoms. The van der Waals surface area contributed by atoms with Crippen LogP contribution in [0.4, 0.5) is 5.69 Å². The van der Waals surface area contributed by atoms with E-state index >= 15 is 0 Å². The lowest BCUT2D eigenvalue weighted by Crippen LogP contribution is -2.33. The Balaban J connectivity index is 1.77. The maximum atomic E-state index is 12.1. The minimum Gasteiger partial charge on any atom is -0.398 e. The van der Waals surface area contributed by atoms with Crippen molar-refractivity contribution >= 4 is 11.6 Å². The molecule has 0 fully saturated rings. The molecule has 2 rings (SSSR count). The van der Waals surface area contributed by atoms with Crippen molar-refractivity contribution in [1.82, 2.24) is 10.2 Å². The van der Waals surface area contributed by atoms with Crippen LogP contribution in [-0.2, 0) is 6.54 Å². The fourth-order valence-electron chi connectivity index (χ4n) is 2.44. The highest BCUT2D eigenvalue weighted by Gasteiger charge is 2.12. The van der Waals surface area contributed by atoms with Crippen molar-refractivity contribution in [3.8, 4) is 0 Å². The molecule has 0 saturated carbocycles. The van der Waals surface area contributed by atoms with Crippen LogP contribution in [0.3, 0.4) is 0 Å². The molecule has 1 atom stereocenters. The zero-order chi connectivity index (χ0) is 16.7. The van der Waals surface area contributed by atoms with Gasteiger partial charge in [0.05, 0.1) is 5.56 Å². The molecule has 0 heterocycles. The van der Waals surface area contributed by atoms with E-state index in [-0.39, 0.29) is 5.91 Å².